The topological polar surface area (TPSA) is 53.4 Å². The zero-order chi connectivity index (χ0) is 68.5. The summed E-state index contributed by atoms with van der Waals surface area (Å²) in [6.45, 7) is 1.75. The van der Waals surface area contributed by atoms with Crippen LogP contribution in [0.4, 0.5) is 13.2 Å². The van der Waals surface area contributed by atoms with Crippen LogP contribution in [0.5, 0.6) is 0 Å². The fourth-order valence-corrected chi connectivity index (χ4v) is 17.2. The lowest BCUT2D eigenvalue weighted by Crippen LogP contribution is -2.05. The molecule has 0 saturated carbocycles. The first-order valence-corrected chi connectivity index (χ1v) is 34.6. The summed E-state index contributed by atoms with van der Waals surface area (Å²) in [7, 11) is 0. The van der Waals surface area contributed by atoms with E-state index in [1.807, 2.05) is 18.2 Å². The maximum atomic E-state index is 14.6. The second-order valence-corrected chi connectivity index (χ2v) is 27.1. The van der Waals surface area contributed by atoms with Crippen molar-refractivity contribution in [1.82, 2.24) is 27.4 Å². The molecule has 0 spiro atoms. The van der Waals surface area contributed by atoms with Gasteiger partial charge in [-0.3, -0.25) is 0 Å². The van der Waals surface area contributed by atoms with Gasteiger partial charge in [-0.1, -0.05) is 158 Å². The van der Waals surface area contributed by atoms with Crippen LogP contribution in [-0.4, -0.2) is 27.4 Å². The third kappa shape index (κ3) is 8.57. The van der Waals surface area contributed by atoms with Crippen LogP contribution in [0.15, 0.2) is 322 Å². The molecule has 10 heteroatoms. The van der Waals surface area contributed by atoms with Gasteiger partial charge in [0.05, 0.1) is 94.8 Å². The first-order valence-electron chi connectivity index (χ1n) is 34.6. The van der Waals surface area contributed by atoms with Gasteiger partial charge >= 0.3 is 6.18 Å². The van der Waals surface area contributed by atoms with Crippen molar-refractivity contribution in [3.05, 3.63) is 338 Å². The lowest BCUT2D eigenvalue weighted by Gasteiger charge is -2.21. The number of halogens is 3. The number of nitrogens with zero attached hydrogens (tertiary/aromatic N) is 7. The van der Waals surface area contributed by atoms with Gasteiger partial charge in [0.1, 0.15) is 0 Å². The van der Waals surface area contributed by atoms with Gasteiger partial charge in [-0.25, -0.2) is 0 Å². The van der Waals surface area contributed by atoms with Gasteiger partial charge in [0.15, 0.2) is 0 Å². The van der Waals surface area contributed by atoms with Crippen molar-refractivity contribution in [3.8, 4) is 62.4 Å². The Balaban J connectivity index is 0.860. The highest BCUT2D eigenvalue weighted by Crippen LogP contribution is 2.47. The molecule has 0 unspecified atom stereocenters. The van der Waals surface area contributed by atoms with Crippen LogP contribution in [0.25, 0.3) is 187 Å². The molecule has 0 N–H and O–H groups in total. The van der Waals surface area contributed by atoms with Crippen LogP contribution < -0.4 is 0 Å². The molecular weight excluding hydrogens is 1270 g/mol. The van der Waals surface area contributed by atoms with E-state index in [4.69, 9.17) is 0 Å². The Bertz CT molecular complexity index is 6720. The monoisotopic (exact) mass is 1330 g/mol. The van der Waals surface area contributed by atoms with Gasteiger partial charge in [0.25, 0.3) is 0 Å². The van der Waals surface area contributed by atoms with Crippen molar-refractivity contribution in [2.24, 2.45) is 0 Å². The molecule has 0 radical (unpaired) electrons. The number of hydrogen-bond acceptors (Lipinski definition) is 1. The third-order valence-corrected chi connectivity index (χ3v) is 21.6. The molecule has 0 saturated heterocycles. The lowest BCUT2D eigenvalue weighted by molar-refractivity contribution is -0.137. The minimum absolute atomic E-state index is 0.442. The predicted molar refractivity (Wildman–Crippen MR) is 418 cm³/mol. The zero-order valence-electron chi connectivity index (χ0n) is 55.4. The number of aromatic nitrogens is 6. The van der Waals surface area contributed by atoms with Crippen LogP contribution in [0.1, 0.15) is 16.7 Å². The minimum atomic E-state index is -4.54. The molecule has 21 rings (SSSR count). The maximum Gasteiger partial charge on any atom is 0.416 e. The van der Waals surface area contributed by atoms with E-state index >= 15 is 0 Å². The number of benzene rings is 15. The van der Waals surface area contributed by atoms with E-state index < -0.39 is 11.7 Å². The molecule has 0 aliphatic heterocycles. The number of para-hydroxylation sites is 8. The molecule has 0 fully saturated rings. The molecule has 0 aliphatic carbocycles. The van der Waals surface area contributed by atoms with E-state index in [1.165, 1.54) is 12.1 Å². The van der Waals surface area contributed by atoms with Crippen LogP contribution in [0.3, 0.4) is 0 Å². The van der Waals surface area contributed by atoms with E-state index in [1.54, 1.807) is 13.0 Å². The number of aryl methyl sites for hydroxylation is 1. The molecule has 21 aromatic rings. The first kappa shape index (κ1) is 58.4. The predicted octanol–water partition coefficient (Wildman–Crippen LogP) is 24.8. The van der Waals surface area contributed by atoms with Gasteiger partial charge < -0.3 is 27.4 Å². The summed E-state index contributed by atoms with van der Waals surface area (Å²) in [5, 5.41) is 24.6. The van der Waals surface area contributed by atoms with E-state index in [0.717, 1.165) is 182 Å². The van der Waals surface area contributed by atoms with Gasteiger partial charge in [-0.15, -0.1) is 0 Å². The van der Waals surface area contributed by atoms with E-state index in [0.29, 0.717) is 16.7 Å². The van der Waals surface area contributed by atoms with Crippen molar-refractivity contribution in [2.75, 3.05) is 0 Å². The lowest BCUT2D eigenvalue weighted by atomic mass is 9.92. The molecule has 0 bridgehead atoms. The number of nitriles is 1. The third-order valence-electron chi connectivity index (χ3n) is 21.6. The second-order valence-electron chi connectivity index (χ2n) is 27.1. The zero-order valence-corrected chi connectivity index (χ0v) is 55.4. The summed E-state index contributed by atoms with van der Waals surface area (Å²) in [6, 6.07) is 114. The molecule has 0 aliphatic rings. The average molecular weight is 1330 g/mol. The molecule has 7 nitrogen and oxygen atoms in total. The van der Waals surface area contributed by atoms with Gasteiger partial charge in [0, 0.05) is 98.5 Å². The SMILES string of the molecule is Cc1cc(C(F)(F)F)ccc1-c1ccc(-n2c3ccc(-n4c5ccccc5c5ccccc54)cc3c3cc(-n4c5ccccc5c5ccccc54)ccc32)c(-c2cc(C#N)ccc2-n2c3ccc(-n4c5ccccc5c5ccccc54)cc3c3cc(-n4c5ccccc5c5ccccc54)ccc32)c1. The van der Waals surface area contributed by atoms with Crippen molar-refractivity contribution in [3.63, 3.8) is 0 Å². The highest BCUT2D eigenvalue weighted by Gasteiger charge is 2.32. The highest BCUT2D eigenvalue weighted by molar-refractivity contribution is 6.17. The molecule has 6 heterocycles. The van der Waals surface area contributed by atoms with E-state index in [2.05, 4.69) is 319 Å². The largest absolute Gasteiger partial charge is 0.416 e. The molecule has 0 amide bonds. The summed E-state index contributed by atoms with van der Waals surface area (Å²) in [6.07, 6.45) is -4.54. The molecule has 15 aromatic carbocycles. The fraction of sp³-hybridized carbons (Fsp3) is 0.0215. The second kappa shape index (κ2) is 21.9. The number of hydrogen-bond donors (Lipinski definition) is 0. The van der Waals surface area contributed by atoms with Crippen LogP contribution in [-0.2, 0) is 6.18 Å². The van der Waals surface area contributed by atoms with Crippen molar-refractivity contribution in [2.45, 2.75) is 13.1 Å². The van der Waals surface area contributed by atoms with Crippen LogP contribution in [0.2, 0.25) is 0 Å². The van der Waals surface area contributed by atoms with Gasteiger partial charge in [-0.05, 0) is 187 Å². The molecular formula is C93H56F3N7. The fourth-order valence-electron chi connectivity index (χ4n) is 17.2. The average Bonchev–Trinajstić information content (AvgIpc) is 1.57. The summed E-state index contributed by atoms with van der Waals surface area (Å²) < 4.78 is 58.0. The Morgan fingerprint density at radius 2 is 0.534 bits per heavy atom. The van der Waals surface area contributed by atoms with E-state index in [-0.39, 0.29) is 0 Å². The summed E-state index contributed by atoms with van der Waals surface area (Å²) in [4.78, 5) is 0. The Morgan fingerprint density at radius 3 is 0.825 bits per heavy atom. The summed E-state index contributed by atoms with van der Waals surface area (Å²) in [5.74, 6) is 0. The van der Waals surface area contributed by atoms with Gasteiger partial charge in [-0.2, -0.15) is 18.4 Å². The quantitative estimate of drug-likeness (QED) is 0.150. The maximum absolute atomic E-state index is 14.6. The highest BCUT2D eigenvalue weighted by atomic mass is 19.4. The Labute approximate surface area is 587 Å². The summed E-state index contributed by atoms with van der Waals surface area (Å²) in [5.41, 5.74) is 21.2. The molecule has 103 heavy (non-hydrogen) atoms. The Hall–Kier alpha value is -13.6. The molecule has 0 atom stereocenters. The Morgan fingerprint density at radius 1 is 0.252 bits per heavy atom. The van der Waals surface area contributed by atoms with E-state index in [9.17, 15) is 18.4 Å². The van der Waals surface area contributed by atoms with Crippen molar-refractivity contribution < 1.29 is 13.2 Å². The standard InChI is InChI=1S/C93H56F3N7/c1-56-48-59(93(94,95)96)36-41-64(56)58-35-43-88(103-91-46-39-62(100-83-30-14-6-22-69(83)70-23-7-15-31-84(70)100)53-77(91)78-54-63(40-47-92(78)103)101-85-32-16-8-24-71(85)72-25-9-17-33-86(72)101)74(50-58)73-49-57(55-97)34-42-87(73)102-89-44-37-60(98-79-26-10-2-18-65(79)66-19-3-11-27-80(66)98)51-75(89)76-52-61(38-45-90(76)102)99-81-28-12-4-20-67(81)68-21-5-13-29-82(68)99/h2-54H,1H3. The van der Waals surface area contributed by atoms with Gasteiger partial charge in [0.2, 0.25) is 0 Å². The van der Waals surface area contributed by atoms with Crippen LogP contribution in [0, 0.1) is 18.3 Å². The summed E-state index contributed by atoms with van der Waals surface area (Å²) >= 11 is 0. The number of alkyl halides is 3. The Kier molecular flexibility index (Phi) is 12.4. The molecule has 484 valence electrons. The molecule has 6 aromatic heterocycles. The normalized spacial score (nSPS) is 12.3. The smallest absolute Gasteiger partial charge is 0.309 e. The van der Waals surface area contributed by atoms with Crippen molar-refractivity contribution in [1.29, 1.82) is 5.26 Å². The first-order chi connectivity index (χ1) is 50.6. The minimum Gasteiger partial charge on any atom is -0.309 e. The van der Waals surface area contributed by atoms with Crippen molar-refractivity contribution >= 4 is 131 Å². The number of fused-ring (bicyclic) bond motifs is 18. The number of rotatable bonds is 8. The van der Waals surface area contributed by atoms with Crippen LogP contribution >= 0.6 is 0 Å².